The van der Waals surface area contributed by atoms with Crippen LogP contribution >= 0.6 is 0 Å². The minimum absolute atomic E-state index is 0.0847. The fraction of sp³-hybridized carbons (Fsp3) is 0.816. The number of nitrogens with one attached hydrogen (secondary N) is 1. The van der Waals surface area contributed by atoms with E-state index in [1.165, 1.54) is 122 Å². The van der Waals surface area contributed by atoms with Crippen molar-refractivity contribution in [1.82, 2.24) is 5.32 Å². The molecule has 1 amide bonds. The van der Waals surface area contributed by atoms with Gasteiger partial charge in [0.2, 0.25) is 5.91 Å². The van der Waals surface area contributed by atoms with Gasteiger partial charge in [0.25, 0.3) is 0 Å². The topological polar surface area (TPSA) is 69.6 Å². The summed E-state index contributed by atoms with van der Waals surface area (Å²) >= 11 is 0. The van der Waals surface area contributed by atoms with E-state index in [0.29, 0.717) is 6.42 Å². The van der Waals surface area contributed by atoms with Gasteiger partial charge in [0.15, 0.2) is 0 Å². The smallest absolute Gasteiger partial charge is 0.220 e. The highest BCUT2D eigenvalue weighted by atomic mass is 16.3. The second-order valence-corrected chi connectivity index (χ2v) is 12.3. The molecule has 3 N–H and O–H groups in total. The predicted molar refractivity (Wildman–Crippen MR) is 184 cm³/mol. The Kier molecular flexibility index (Phi) is 33.0. The highest BCUT2D eigenvalue weighted by Crippen LogP contribution is 2.13. The third-order valence-electron chi connectivity index (χ3n) is 8.10. The lowest BCUT2D eigenvalue weighted by Crippen LogP contribution is -2.45. The summed E-state index contributed by atoms with van der Waals surface area (Å²) in [5.74, 6) is -0.0847. The van der Waals surface area contributed by atoms with Crippen LogP contribution in [-0.2, 0) is 4.79 Å². The molecule has 0 radical (unpaired) electrons. The number of carbonyl (C=O) groups is 1. The van der Waals surface area contributed by atoms with E-state index in [2.05, 4.69) is 43.5 Å². The Morgan fingerprint density at radius 2 is 0.929 bits per heavy atom. The van der Waals surface area contributed by atoms with Gasteiger partial charge < -0.3 is 15.5 Å². The predicted octanol–water partition coefficient (Wildman–Crippen LogP) is 10.7. The van der Waals surface area contributed by atoms with E-state index in [9.17, 15) is 15.0 Å². The summed E-state index contributed by atoms with van der Waals surface area (Å²) in [6.07, 6.45) is 43.9. The first-order valence-electron chi connectivity index (χ1n) is 18.2. The molecule has 0 aromatic heterocycles. The third kappa shape index (κ3) is 30.1. The molecule has 0 rings (SSSR count). The second-order valence-electron chi connectivity index (χ2n) is 12.3. The number of unbranched alkanes of at least 4 members (excludes halogenated alkanes) is 21. The lowest BCUT2D eigenvalue weighted by Gasteiger charge is -2.19. The molecule has 0 aliphatic carbocycles. The average Bonchev–Trinajstić information content (AvgIpc) is 2.99. The van der Waals surface area contributed by atoms with E-state index in [1.54, 1.807) is 6.08 Å². The van der Waals surface area contributed by atoms with Crippen LogP contribution in [0.3, 0.4) is 0 Å². The van der Waals surface area contributed by atoms with Gasteiger partial charge in [-0.05, 0) is 44.9 Å². The van der Waals surface area contributed by atoms with Crippen molar-refractivity contribution in [3.8, 4) is 0 Å². The molecule has 0 aromatic carbocycles. The fourth-order valence-electron chi connectivity index (χ4n) is 5.27. The molecule has 0 bridgehead atoms. The molecule has 246 valence electrons. The van der Waals surface area contributed by atoms with Gasteiger partial charge in [0, 0.05) is 6.42 Å². The zero-order valence-electron chi connectivity index (χ0n) is 28.0. The monoisotopic (exact) mass is 590 g/mol. The van der Waals surface area contributed by atoms with Gasteiger partial charge in [0.1, 0.15) is 0 Å². The van der Waals surface area contributed by atoms with Crippen molar-refractivity contribution >= 4 is 5.91 Å². The van der Waals surface area contributed by atoms with Crippen molar-refractivity contribution in [2.75, 3.05) is 6.61 Å². The largest absolute Gasteiger partial charge is 0.394 e. The lowest BCUT2D eigenvalue weighted by molar-refractivity contribution is -0.123. The standard InChI is InChI=1S/C38H71NO3/c1-3-5-7-9-11-13-14-15-16-17-18-19-20-21-22-23-24-25-26-27-29-31-33-37(41)36(35-40)39-38(42)34-32-30-28-12-10-8-6-4-2/h21-22,25-26,31,33,36-37,40-41H,3-20,23-24,27-30,32,34-35H2,1-2H3,(H,39,42)/b22-21+,26-25+,33-31+. The molecular weight excluding hydrogens is 518 g/mol. The fourth-order valence-corrected chi connectivity index (χ4v) is 5.27. The molecule has 0 spiro atoms. The van der Waals surface area contributed by atoms with Crippen LogP contribution in [0.2, 0.25) is 0 Å². The Labute approximate surface area is 261 Å². The molecule has 0 heterocycles. The van der Waals surface area contributed by atoms with Crippen molar-refractivity contribution < 1.29 is 15.0 Å². The van der Waals surface area contributed by atoms with E-state index in [0.717, 1.165) is 38.5 Å². The van der Waals surface area contributed by atoms with Crippen LogP contribution in [0.1, 0.15) is 181 Å². The molecule has 0 fully saturated rings. The van der Waals surface area contributed by atoms with Crippen LogP contribution in [0.4, 0.5) is 0 Å². The van der Waals surface area contributed by atoms with Crippen LogP contribution in [0, 0.1) is 0 Å². The van der Waals surface area contributed by atoms with Crippen molar-refractivity contribution in [1.29, 1.82) is 0 Å². The molecule has 4 heteroatoms. The molecular formula is C38H71NO3. The molecule has 0 saturated carbocycles. The Hall–Kier alpha value is -1.39. The summed E-state index contributed by atoms with van der Waals surface area (Å²) < 4.78 is 0. The molecule has 42 heavy (non-hydrogen) atoms. The zero-order chi connectivity index (χ0) is 30.8. The van der Waals surface area contributed by atoms with E-state index in [-0.39, 0.29) is 12.5 Å². The number of rotatable bonds is 32. The van der Waals surface area contributed by atoms with Crippen LogP contribution in [0.5, 0.6) is 0 Å². The first kappa shape index (κ1) is 40.6. The number of hydrogen-bond acceptors (Lipinski definition) is 3. The number of carbonyl (C=O) groups excluding carboxylic acids is 1. The number of aliphatic hydroxyl groups is 2. The first-order chi connectivity index (χ1) is 20.7. The molecule has 2 atom stereocenters. The van der Waals surface area contributed by atoms with Crippen molar-refractivity contribution in [3.05, 3.63) is 36.5 Å². The van der Waals surface area contributed by atoms with Gasteiger partial charge in [-0.3, -0.25) is 4.79 Å². The van der Waals surface area contributed by atoms with E-state index in [4.69, 9.17) is 0 Å². The number of aliphatic hydroxyl groups excluding tert-OH is 2. The third-order valence-corrected chi connectivity index (χ3v) is 8.10. The van der Waals surface area contributed by atoms with Crippen molar-refractivity contribution in [3.63, 3.8) is 0 Å². The summed E-state index contributed by atoms with van der Waals surface area (Å²) in [4.78, 5) is 12.2. The molecule has 2 unspecified atom stereocenters. The zero-order valence-corrected chi connectivity index (χ0v) is 28.0. The van der Waals surface area contributed by atoms with E-state index < -0.39 is 12.1 Å². The lowest BCUT2D eigenvalue weighted by atomic mass is 10.0. The first-order valence-corrected chi connectivity index (χ1v) is 18.2. The maximum absolute atomic E-state index is 12.2. The van der Waals surface area contributed by atoms with Gasteiger partial charge in [-0.25, -0.2) is 0 Å². The number of allylic oxidation sites excluding steroid dienone is 5. The molecule has 0 aliphatic heterocycles. The minimum atomic E-state index is -0.864. The Morgan fingerprint density at radius 1 is 0.548 bits per heavy atom. The van der Waals surface area contributed by atoms with Gasteiger partial charge >= 0.3 is 0 Å². The van der Waals surface area contributed by atoms with Crippen LogP contribution in [0.15, 0.2) is 36.5 Å². The van der Waals surface area contributed by atoms with E-state index in [1.807, 2.05) is 6.08 Å². The number of hydrogen-bond donors (Lipinski definition) is 3. The quantitative estimate of drug-likeness (QED) is 0.0540. The second kappa shape index (κ2) is 34.1. The molecule has 0 saturated heterocycles. The van der Waals surface area contributed by atoms with Crippen LogP contribution in [0.25, 0.3) is 0 Å². The van der Waals surface area contributed by atoms with Crippen molar-refractivity contribution in [2.24, 2.45) is 0 Å². The molecule has 0 aromatic rings. The van der Waals surface area contributed by atoms with Gasteiger partial charge in [-0.15, -0.1) is 0 Å². The summed E-state index contributed by atoms with van der Waals surface area (Å²) in [6, 6.07) is -0.639. The SMILES string of the molecule is CCCCCCCCCCCCCC/C=C/CC/C=C/CC/C=C/C(O)C(CO)NC(=O)CCCCCCCCCC. The molecule has 4 nitrogen and oxygen atoms in total. The minimum Gasteiger partial charge on any atom is -0.394 e. The summed E-state index contributed by atoms with van der Waals surface area (Å²) in [5.41, 5.74) is 0. The normalized spacial score (nSPS) is 13.5. The average molecular weight is 590 g/mol. The van der Waals surface area contributed by atoms with Crippen molar-refractivity contribution in [2.45, 2.75) is 193 Å². The Bertz CT molecular complexity index is 642. The Morgan fingerprint density at radius 3 is 1.38 bits per heavy atom. The summed E-state index contributed by atoms with van der Waals surface area (Å²) in [5, 5.41) is 22.7. The maximum Gasteiger partial charge on any atom is 0.220 e. The van der Waals surface area contributed by atoms with Crippen LogP contribution < -0.4 is 5.32 Å². The highest BCUT2D eigenvalue weighted by molar-refractivity contribution is 5.76. The molecule has 0 aliphatic rings. The number of amides is 1. The van der Waals surface area contributed by atoms with Gasteiger partial charge in [-0.2, -0.15) is 0 Å². The van der Waals surface area contributed by atoms with Gasteiger partial charge in [0.05, 0.1) is 18.8 Å². The van der Waals surface area contributed by atoms with Gasteiger partial charge in [-0.1, -0.05) is 166 Å². The highest BCUT2D eigenvalue weighted by Gasteiger charge is 2.17. The summed E-state index contributed by atoms with van der Waals surface area (Å²) in [7, 11) is 0. The maximum atomic E-state index is 12.2. The van der Waals surface area contributed by atoms with E-state index >= 15 is 0 Å². The van der Waals surface area contributed by atoms with Crippen LogP contribution in [-0.4, -0.2) is 34.9 Å². The summed E-state index contributed by atoms with van der Waals surface area (Å²) in [6.45, 7) is 4.25. The Balaban J connectivity index is 3.66.